The first-order valence-electron chi connectivity index (χ1n) is 15.0. The molecule has 0 aliphatic heterocycles. The topological polar surface area (TPSA) is 38.9 Å². The Hall–Kier alpha value is -4.74. The average molecular weight is 548 g/mol. The van der Waals surface area contributed by atoms with Crippen LogP contribution in [0.3, 0.4) is 0 Å². The first-order chi connectivity index (χ1) is 20.7. The Kier molecular flexibility index (Phi) is 6.11. The lowest BCUT2D eigenvalue weighted by atomic mass is 10.1. The van der Waals surface area contributed by atoms with Crippen LogP contribution in [0.5, 0.6) is 0 Å². The molecule has 0 N–H and O–H groups in total. The number of hydrogen-bond donors (Lipinski definition) is 0. The molecule has 0 amide bonds. The third-order valence-corrected chi connectivity index (χ3v) is 8.73. The van der Waals surface area contributed by atoms with E-state index in [0.717, 1.165) is 61.3 Å². The summed E-state index contributed by atoms with van der Waals surface area (Å²) in [4.78, 5) is 12.7. The second-order valence-electron chi connectivity index (χ2n) is 11.5. The molecule has 0 fully saturated rings. The van der Waals surface area contributed by atoms with Crippen LogP contribution in [0.1, 0.15) is 12.8 Å². The molecule has 0 radical (unpaired) electrons. The summed E-state index contributed by atoms with van der Waals surface area (Å²) in [5.74, 6) is 0. The molecule has 206 valence electrons. The summed E-state index contributed by atoms with van der Waals surface area (Å²) in [5, 5.41) is 7.44. The van der Waals surface area contributed by atoms with Crippen molar-refractivity contribution in [1.82, 2.24) is 24.0 Å². The monoisotopic (exact) mass is 547 g/mol. The zero-order valence-electron chi connectivity index (χ0n) is 23.9. The van der Waals surface area contributed by atoms with E-state index >= 15 is 0 Å². The number of benzene rings is 4. The number of para-hydroxylation sites is 4. The summed E-state index contributed by atoms with van der Waals surface area (Å²) in [7, 11) is 2.25. The Morgan fingerprint density at radius 3 is 1.45 bits per heavy atom. The van der Waals surface area contributed by atoms with E-state index in [-0.39, 0.29) is 0 Å². The summed E-state index contributed by atoms with van der Waals surface area (Å²) in [6.07, 6.45) is 2.14. The van der Waals surface area contributed by atoms with E-state index in [0.29, 0.717) is 0 Å². The van der Waals surface area contributed by atoms with Crippen molar-refractivity contribution in [2.75, 3.05) is 20.1 Å². The molecule has 8 rings (SSSR count). The van der Waals surface area contributed by atoms with Crippen LogP contribution in [0.15, 0.2) is 109 Å². The molecule has 4 aromatic carbocycles. The Labute approximate surface area is 244 Å². The molecular weight excluding hydrogens is 514 g/mol. The highest BCUT2D eigenvalue weighted by Crippen LogP contribution is 2.32. The predicted molar refractivity (Wildman–Crippen MR) is 176 cm³/mol. The van der Waals surface area contributed by atoms with Crippen molar-refractivity contribution in [2.45, 2.75) is 25.9 Å². The predicted octanol–water partition coefficient (Wildman–Crippen LogP) is 8.41. The molecule has 0 atom stereocenters. The molecule has 0 saturated heterocycles. The van der Waals surface area contributed by atoms with E-state index in [1.54, 1.807) is 0 Å². The van der Waals surface area contributed by atoms with Gasteiger partial charge in [0.2, 0.25) is 0 Å². The maximum Gasteiger partial charge on any atom is 0.141 e. The summed E-state index contributed by atoms with van der Waals surface area (Å²) < 4.78 is 4.83. The fourth-order valence-corrected chi connectivity index (χ4v) is 6.68. The summed E-state index contributed by atoms with van der Waals surface area (Å²) in [6, 6.07) is 38.9. The minimum atomic E-state index is 0.948. The number of hydrogen-bond acceptors (Lipinski definition) is 3. The molecule has 0 unspecified atom stereocenters. The van der Waals surface area contributed by atoms with Crippen molar-refractivity contribution in [3.8, 4) is 0 Å². The summed E-state index contributed by atoms with van der Waals surface area (Å²) in [6.45, 7) is 3.97. The second-order valence-corrected chi connectivity index (χ2v) is 11.5. The Morgan fingerprint density at radius 2 is 0.952 bits per heavy atom. The fourth-order valence-electron chi connectivity index (χ4n) is 6.68. The molecular formula is C37H33N5. The molecule has 4 heterocycles. The molecule has 4 aromatic heterocycles. The number of pyridine rings is 2. The molecule has 42 heavy (non-hydrogen) atoms. The highest BCUT2D eigenvalue weighted by Gasteiger charge is 2.15. The maximum atomic E-state index is 5.10. The number of nitrogens with zero attached hydrogens (tertiary/aromatic N) is 5. The van der Waals surface area contributed by atoms with E-state index in [2.05, 4.69) is 130 Å². The highest BCUT2D eigenvalue weighted by molar-refractivity contribution is 6.11. The standard InChI is InChI=1S/C37H33N5/c1-40(20-10-22-41-34-18-8-4-14-28(34)30-24-26-12-2-6-16-32(26)38-36(30)41)21-11-23-42-35-19-9-5-15-29(35)31-25-27-13-3-7-17-33(27)39-37(31)42/h2-9,12-19,24-25H,10-11,20-23H2,1H3. The van der Waals surface area contributed by atoms with Gasteiger partial charge in [-0.3, -0.25) is 0 Å². The lowest BCUT2D eigenvalue weighted by Crippen LogP contribution is -2.23. The van der Waals surface area contributed by atoms with Crippen LogP contribution in [-0.4, -0.2) is 44.1 Å². The molecule has 0 saturated carbocycles. The van der Waals surface area contributed by atoms with Gasteiger partial charge in [0.05, 0.1) is 22.1 Å². The molecule has 0 aliphatic carbocycles. The van der Waals surface area contributed by atoms with Crippen molar-refractivity contribution in [1.29, 1.82) is 0 Å². The van der Waals surface area contributed by atoms with Gasteiger partial charge in [-0.25, -0.2) is 9.97 Å². The van der Waals surface area contributed by atoms with Gasteiger partial charge >= 0.3 is 0 Å². The van der Waals surface area contributed by atoms with Crippen molar-refractivity contribution < 1.29 is 0 Å². The van der Waals surface area contributed by atoms with Gasteiger partial charge in [-0.2, -0.15) is 0 Å². The van der Waals surface area contributed by atoms with Gasteiger partial charge in [-0.15, -0.1) is 0 Å². The van der Waals surface area contributed by atoms with Crippen molar-refractivity contribution in [2.24, 2.45) is 0 Å². The third-order valence-electron chi connectivity index (χ3n) is 8.73. The van der Waals surface area contributed by atoms with Crippen molar-refractivity contribution in [3.63, 3.8) is 0 Å². The van der Waals surface area contributed by atoms with Gasteiger partial charge in [-0.05, 0) is 69.4 Å². The highest BCUT2D eigenvalue weighted by atomic mass is 15.1. The normalized spacial score (nSPS) is 12.2. The van der Waals surface area contributed by atoms with Crippen LogP contribution in [-0.2, 0) is 13.1 Å². The molecule has 0 bridgehead atoms. The second kappa shape index (κ2) is 10.3. The van der Waals surface area contributed by atoms with Crippen LogP contribution in [0.2, 0.25) is 0 Å². The van der Waals surface area contributed by atoms with Gasteiger partial charge in [-0.1, -0.05) is 72.8 Å². The number of rotatable bonds is 8. The summed E-state index contributed by atoms with van der Waals surface area (Å²) >= 11 is 0. The van der Waals surface area contributed by atoms with Crippen LogP contribution >= 0.6 is 0 Å². The molecule has 8 aromatic rings. The quantitative estimate of drug-likeness (QED) is 0.192. The minimum absolute atomic E-state index is 0.948. The SMILES string of the molecule is CN(CCCn1c2ccccc2c2cc3ccccc3nc21)CCCn1c2ccccc2c2cc3ccccc3nc21. The van der Waals surface area contributed by atoms with Crippen LogP contribution in [0, 0.1) is 0 Å². The van der Waals surface area contributed by atoms with Gasteiger partial charge < -0.3 is 14.0 Å². The average Bonchev–Trinajstić information content (AvgIpc) is 3.50. The largest absolute Gasteiger partial charge is 0.325 e. The molecule has 5 heteroatoms. The third kappa shape index (κ3) is 4.20. The van der Waals surface area contributed by atoms with E-state index in [9.17, 15) is 0 Å². The maximum absolute atomic E-state index is 5.10. The lowest BCUT2D eigenvalue weighted by Gasteiger charge is -2.18. The van der Waals surface area contributed by atoms with Gasteiger partial charge in [0.25, 0.3) is 0 Å². The van der Waals surface area contributed by atoms with Crippen LogP contribution < -0.4 is 0 Å². The Balaban J connectivity index is 0.989. The zero-order valence-corrected chi connectivity index (χ0v) is 23.9. The molecule has 0 aliphatic rings. The van der Waals surface area contributed by atoms with E-state index in [1.165, 1.54) is 43.4 Å². The van der Waals surface area contributed by atoms with Crippen molar-refractivity contribution >= 4 is 65.7 Å². The Morgan fingerprint density at radius 1 is 0.524 bits per heavy atom. The Bertz CT molecular complexity index is 2080. The molecule has 0 spiro atoms. The number of aromatic nitrogens is 4. The first-order valence-corrected chi connectivity index (χ1v) is 15.0. The van der Waals surface area contributed by atoms with Crippen LogP contribution in [0.4, 0.5) is 0 Å². The smallest absolute Gasteiger partial charge is 0.141 e. The van der Waals surface area contributed by atoms with E-state index < -0.39 is 0 Å². The van der Waals surface area contributed by atoms with E-state index in [1.807, 2.05) is 0 Å². The fraction of sp³-hybridized carbons (Fsp3) is 0.189. The van der Waals surface area contributed by atoms with Gasteiger partial charge in [0.1, 0.15) is 11.3 Å². The van der Waals surface area contributed by atoms with Crippen LogP contribution in [0.25, 0.3) is 65.7 Å². The van der Waals surface area contributed by atoms with Gasteiger partial charge in [0, 0.05) is 45.4 Å². The lowest BCUT2D eigenvalue weighted by molar-refractivity contribution is 0.312. The number of fused-ring (bicyclic) bond motifs is 8. The summed E-state index contributed by atoms with van der Waals surface area (Å²) in [5.41, 5.74) is 6.82. The zero-order chi connectivity index (χ0) is 28.0. The van der Waals surface area contributed by atoms with Crippen molar-refractivity contribution in [3.05, 3.63) is 109 Å². The first kappa shape index (κ1) is 25.0. The van der Waals surface area contributed by atoms with Gasteiger partial charge in [0.15, 0.2) is 0 Å². The number of aryl methyl sites for hydroxylation is 2. The van der Waals surface area contributed by atoms with E-state index in [4.69, 9.17) is 9.97 Å². The molecule has 5 nitrogen and oxygen atoms in total. The minimum Gasteiger partial charge on any atom is -0.325 e.